The highest BCUT2D eigenvalue weighted by molar-refractivity contribution is 5.85. The van der Waals surface area contributed by atoms with E-state index in [9.17, 15) is 0 Å². The lowest BCUT2D eigenvalue weighted by Gasteiger charge is -2.44. The van der Waals surface area contributed by atoms with Gasteiger partial charge < -0.3 is 16.8 Å². The summed E-state index contributed by atoms with van der Waals surface area (Å²) in [7, 11) is 4.27. The predicted molar refractivity (Wildman–Crippen MR) is 171 cm³/mol. The third-order valence-electron chi connectivity index (χ3n) is 8.98. The average Bonchev–Trinajstić information content (AvgIpc) is 3.66. The lowest BCUT2D eigenvalue weighted by atomic mass is 9.82. The van der Waals surface area contributed by atoms with Gasteiger partial charge in [0.2, 0.25) is 0 Å². The molecule has 0 radical (unpaired) electrons. The van der Waals surface area contributed by atoms with Gasteiger partial charge >= 0.3 is 0 Å². The van der Waals surface area contributed by atoms with Crippen LogP contribution in [0.3, 0.4) is 0 Å². The fraction of sp³-hybridized carbons (Fsp3) is 0.455. The molecule has 2 saturated carbocycles. The molecule has 0 bridgehead atoms. The molecule has 39 heavy (non-hydrogen) atoms. The number of halogens is 2. The van der Waals surface area contributed by atoms with E-state index in [1.54, 1.807) is 0 Å². The van der Waals surface area contributed by atoms with Gasteiger partial charge in [0.1, 0.15) is 0 Å². The normalized spacial score (nSPS) is 18.7. The van der Waals surface area contributed by atoms with Gasteiger partial charge in [-0.15, -0.1) is 24.8 Å². The van der Waals surface area contributed by atoms with Gasteiger partial charge in [-0.05, 0) is 56.5 Å². The third-order valence-corrected chi connectivity index (χ3v) is 8.98. The Balaban J connectivity index is 0.000000277. The summed E-state index contributed by atoms with van der Waals surface area (Å²) in [5.41, 5.74) is 17.2. The second-order valence-electron chi connectivity index (χ2n) is 11.0. The minimum atomic E-state index is 0. The van der Waals surface area contributed by atoms with E-state index in [1.165, 1.54) is 68.1 Å². The van der Waals surface area contributed by atoms with Gasteiger partial charge in [-0.25, -0.2) is 0 Å². The number of nitrogens with two attached hydrogens (primary N) is 2. The van der Waals surface area contributed by atoms with Gasteiger partial charge in [0.25, 0.3) is 0 Å². The highest BCUT2D eigenvalue weighted by atomic mass is 35.5. The van der Waals surface area contributed by atoms with E-state index in [4.69, 9.17) is 11.5 Å². The molecule has 5 N–H and O–H groups in total. The second kappa shape index (κ2) is 15.8. The molecule has 2 atom stereocenters. The Morgan fingerprint density at radius 1 is 0.667 bits per heavy atom. The monoisotopic (exact) mass is 570 g/mol. The molecule has 2 fully saturated rings. The van der Waals surface area contributed by atoms with E-state index < -0.39 is 0 Å². The molecule has 214 valence electrons. The Bertz CT molecular complexity index is 1050. The minimum absolute atomic E-state index is 0. The van der Waals surface area contributed by atoms with E-state index >= 15 is 0 Å². The highest BCUT2D eigenvalue weighted by Crippen LogP contribution is 2.43. The highest BCUT2D eigenvalue weighted by Gasteiger charge is 2.43. The first-order valence-corrected chi connectivity index (χ1v) is 14.1. The topological polar surface area (TPSA) is 67.3 Å². The standard InChI is InChI=1S/C20H26N2.C13H20N2.2ClH/c1-22(16-17-10-4-2-5-11-17)20(14-8-9-15-20)19(21)18-12-6-3-7-13-18;1-15-13(9-5-6-10-13)12(14)11-7-3-2-4-8-11;;/h2-7,10-13,19H,8-9,14-16,21H2,1H3;2-4,7-8,12,15H,5-6,9-10,14H2,1H3;2*1H. The molecule has 0 spiro atoms. The van der Waals surface area contributed by atoms with Crippen molar-refractivity contribution >= 4 is 24.8 Å². The molecule has 6 heteroatoms. The number of benzene rings is 3. The van der Waals surface area contributed by atoms with Crippen LogP contribution in [0.5, 0.6) is 0 Å². The molecule has 5 rings (SSSR count). The molecular weight excluding hydrogens is 523 g/mol. The van der Waals surface area contributed by atoms with E-state index in [2.05, 4.69) is 102 Å². The van der Waals surface area contributed by atoms with Crippen molar-refractivity contribution in [2.24, 2.45) is 11.5 Å². The van der Waals surface area contributed by atoms with Gasteiger partial charge in [0, 0.05) is 29.7 Å². The molecule has 3 aromatic rings. The van der Waals surface area contributed by atoms with Crippen molar-refractivity contribution in [2.75, 3.05) is 14.1 Å². The lowest BCUT2D eigenvalue weighted by Crippen LogP contribution is -2.51. The summed E-state index contributed by atoms with van der Waals surface area (Å²) < 4.78 is 0. The summed E-state index contributed by atoms with van der Waals surface area (Å²) in [5.74, 6) is 0. The Morgan fingerprint density at radius 3 is 1.54 bits per heavy atom. The van der Waals surface area contributed by atoms with Crippen LogP contribution >= 0.6 is 24.8 Å². The summed E-state index contributed by atoms with van der Waals surface area (Å²) in [6, 6.07) is 31.9. The van der Waals surface area contributed by atoms with Crippen LogP contribution in [0.25, 0.3) is 0 Å². The number of hydrogen-bond donors (Lipinski definition) is 3. The zero-order valence-corrected chi connectivity index (χ0v) is 25.2. The van der Waals surface area contributed by atoms with Gasteiger partial charge in [-0.1, -0.05) is 117 Å². The van der Waals surface area contributed by atoms with Crippen LogP contribution in [0, 0.1) is 0 Å². The molecule has 2 unspecified atom stereocenters. The van der Waals surface area contributed by atoms with E-state index in [-0.39, 0.29) is 48.0 Å². The van der Waals surface area contributed by atoms with Gasteiger partial charge in [0.15, 0.2) is 0 Å². The number of rotatable bonds is 8. The second-order valence-corrected chi connectivity index (χ2v) is 11.0. The number of nitrogens with one attached hydrogen (secondary N) is 1. The quantitative estimate of drug-likeness (QED) is 0.268. The summed E-state index contributed by atoms with van der Waals surface area (Å²) >= 11 is 0. The summed E-state index contributed by atoms with van der Waals surface area (Å²) in [4.78, 5) is 2.49. The largest absolute Gasteiger partial charge is 0.322 e. The van der Waals surface area contributed by atoms with Crippen molar-refractivity contribution in [1.29, 1.82) is 0 Å². The van der Waals surface area contributed by atoms with Crippen LogP contribution < -0.4 is 16.8 Å². The third kappa shape index (κ3) is 7.85. The summed E-state index contributed by atoms with van der Waals surface area (Å²) in [5, 5.41) is 3.45. The van der Waals surface area contributed by atoms with Crippen LogP contribution in [0.1, 0.15) is 80.1 Å². The zero-order chi connectivity index (χ0) is 26.1. The van der Waals surface area contributed by atoms with E-state index in [0.717, 1.165) is 6.54 Å². The fourth-order valence-electron chi connectivity index (χ4n) is 6.60. The number of likely N-dealkylation sites (N-methyl/N-ethyl adjacent to an activating group) is 2. The molecular formula is C33H48Cl2N4. The van der Waals surface area contributed by atoms with Crippen molar-refractivity contribution in [1.82, 2.24) is 10.2 Å². The Morgan fingerprint density at radius 2 is 1.08 bits per heavy atom. The molecule has 2 aliphatic carbocycles. The van der Waals surface area contributed by atoms with Gasteiger partial charge in [-0.3, -0.25) is 4.90 Å². The van der Waals surface area contributed by atoms with Crippen LogP contribution in [-0.2, 0) is 6.54 Å². The maximum Gasteiger partial charge on any atom is 0.0482 e. The lowest BCUT2D eigenvalue weighted by molar-refractivity contribution is 0.0866. The maximum absolute atomic E-state index is 6.75. The van der Waals surface area contributed by atoms with E-state index in [0.29, 0.717) is 0 Å². The van der Waals surface area contributed by atoms with Crippen molar-refractivity contribution < 1.29 is 0 Å². The van der Waals surface area contributed by atoms with Crippen LogP contribution in [-0.4, -0.2) is 30.1 Å². The van der Waals surface area contributed by atoms with Crippen LogP contribution in [0.2, 0.25) is 0 Å². The molecule has 4 nitrogen and oxygen atoms in total. The smallest absolute Gasteiger partial charge is 0.0482 e. The Hall–Kier alpha value is -1.92. The molecule has 0 amide bonds. The van der Waals surface area contributed by atoms with Crippen molar-refractivity contribution in [3.05, 3.63) is 108 Å². The van der Waals surface area contributed by atoms with E-state index in [1.807, 2.05) is 13.1 Å². The van der Waals surface area contributed by atoms with Crippen molar-refractivity contribution in [2.45, 2.75) is 81.1 Å². The molecule has 2 aliphatic rings. The molecule has 0 aromatic heterocycles. The van der Waals surface area contributed by atoms with Gasteiger partial charge in [0.05, 0.1) is 0 Å². The SMILES string of the molecule is CN(Cc1ccccc1)C1(C(N)c2ccccc2)CCCC1.CNC1(C(N)c2ccccc2)CCCC1.Cl.Cl. The Kier molecular flexibility index (Phi) is 13.5. The predicted octanol–water partition coefficient (Wildman–Crippen LogP) is 7.19. The first-order valence-electron chi connectivity index (χ1n) is 14.1. The number of hydrogen-bond acceptors (Lipinski definition) is 4. The van der Waals surface area contributed by atoms with Crippen molar-refractivity contribution in [3.63, 3.8) is 0 Å². The Labute approximate surface area is 248 Å². The fourth-order valence-corrected chi connectivity index (χ4v) is 6.60. The molecule has 0 saturated heterocycles. The average molecular weight is 572 g/mol. The van der Waals surface area contributed by atoms with Crippen molar-refractivity contribution in [3.8, 4) is 0 Å². The zero-order valence-electron chi connectivity index (χ0n) is 23.6. The minimum Gasteiger partial charge on any atom is -0.322 e. The first-order chi connectivity index (χ1) is 18.0. The molecule has 0 aliphatic heterocycles. The molecule has 3 aromatic carbocycles. The summed E-state index contributed by atoms with van der Waals surface area (Å²) in [6.45, 7) is 0.960. The maximum atomic E-state index is 6.75. The summed E-state index contributed by atoms with van der Waals surface area (Å²) in [6.07, 6.45) is 9.90. The number of nitrogens with zero attached hydrogens (tertiary/aromatic N) is 1. The molecule has 0 heterocycles. The first kappa shape index (κ1) is 33.3. The van der Waals surface area contributed by atoms with Crippen LogP contribution in [0.4, 0.5) is 0 Å². The van der Waals surface area contributed by atoms with Gasteiger partial charge in [-0.2, -0.15) is 0 Å². The van der Waals surface area contributed by atoms with Crippen LogP contribution in [0.15, 0.2) is 91.0 Å².